The maximum atomic E-state index is 12.8. The van der Waals surface area contributed by atoms with Gasteiger partial charge in [-0.2, -0.15) is 0 Å². The summed E-state index contributed by atoms with van der Waals surface area (Å²) in [5.41, 5.74) is 2.93. The molecular formula is C19H29ClN2O. The van der Waals surface area contributed by atoms with Crippen molar-refractivity contribution in [1.82, 2.24) is 10.2 Å². The molecule has 4 heteroatoms. The second-order valence-electron chi connectivity index (χ2n) is 7.36. The van der Waals surface area contributed by atoms with Gasteiger partial charge < -0.3 is 10.2 Å². The molecular weight excluding hydrogens is 308 g/mol. The standard InChI is InChI=1S/C19H28N2O.ClH/c1-14-4-6-16(7-5-14)12-15(2)21(3)18(22)17-13-19(17)8-10-20-11-9-19;/h4-7,15,17,20H,8-13H2,1-3H3;1H. The van der Waals surface area contributed by atoms with Gasteiger partial charge in [0.25, 0.3) is 0 Å². The second kappa shape index (κ2) is 7.23. The van der Waals surface area contributed by atoms with E-state index in [1.54, 1.807) is 0 Å². The molecule has 0 aromatic heterocycles. The third-order valence-electron chi connectivity index (χ3n) is 5.75. The van der Waals surface area contributed by atoms with E-state index >= 15 is 0 Å². The number of aryl methyl sites for hydroxylation is 1. The van der Waals surface area contributed by atoms with E-state index in [-0.39, 0.29) is 24.4 Å². The van der Waals surface area contributed by atoms with E-state index in [1.807, 2.05) is 11.9 Å². The third-order valence-corrected chi connectivity index (χ3v) is 5.75. The molecule has 1 aliphatic heterocycles. The van der Waals surface area contributed by atoms with Crippen molar-refractivity contribution in [2.24, 2.45) is 11.3 Å². The van der Waals surface area contributed by atoms with Gasteiger partial charge in [-0.25, -0.2) is 0 Å². The van der Waals surface area contributed by atoms with Crippen molar-refractivity contribution in [3.05, 3.63) is 35.4 Å². The fourth-order valence-electron chi connectivity index (χ4n) is 3.84. The average molecular weight is 337 g/mol. The highest BCUT2D eigenvalue weighted by Gasteiger charge is 2.58. The number of benzene rings is 1. The van der Waals surface area contributed by atoms with Gasteiger partial charge in [-0.3, -0.25) is 4.79 Å². The minimum Gasteiger partial charge on any atom is -0.342 e. The van der Waals surface area contributed by atoms with Crippen LogP contribution in [-0.2, 0) is 11.2 Å². The molecule has 2 aliphatic rings. The maximum Gasteiger partial charge on any atom is 0.226 e. The molecule has 2 unspecified atom stereocenters. The van der Waals surface area contributed by atoms with Crippen molar-refractivity contribution >= 4 is 18.3 Å². The smallest absolute Gasteiger partial charge is 0.226 e. The van der Waals surface area contributed by atoms with Crippen LogP contribution in [0.15, 0.2) is 24.3 Å². The fraction of sp³-hybridized carbons (Fsp3) is 0.632. The zero-order chi connectivity index (χ0) is 15.7. The van der Waals surface area contributed by atoms with Crippen LogP contribution in [0.3, 0.4) is 0 Å². The average Bonchev–Trinajstić information content (AvgIpc) is 3.21. The monoisotopic (exact) mass is 336 g/mol. The summed E-state index contributed by atoms with van der Waals surface area (Å²) in [5.74, 6) is 0.640. The van der Waals surface area contributed by atoms with Gasteiger partial charge in [0.05, 0.1) is 0 Å². The van der Waals surface area contributed by atoms with E-state index in [4.69, 9.17) is 0 Å². The number of carbonyl (C=O) groups is 1. The Kier molecular flexibility index (Phi) is 5.74. The van der Waals surface area contributed by atoms with Crippen molar-refractivity contribution in [1.29, 1.82) is 0 Å². The van der Waals surface area contributed by atoms with Gasteiger partial charge in [0.2, 0.25) is 5.91 Å². The highest BCUT2D eigenvalue weighted by molar-refractivity contribution is 5.85. The summed E-state index contributed by atoms with van der Waals surface area (Å²) >= 11 is 0. The van der Waals surface area contributed by atoms with Gasteiger partial charge >= 0.3 is 0 Å². The van der Waals surface area contributed by atoms with Gasteiger partial charge in [-0.1, -0.05) is 29.8 Å². The number of carbonyl (C=O) groups excluding carboxylic acids is 1. The molecule has 1 amide bonds. The van der Waals surface area contributed by atoms with E-state index in [9.17, 15) is 4.79 Å². The van der Waals surface area contributed by atoms with Crippen molar-refractivity contribution in [2.75, 3.05) is 20.1 Å². The number of hydrogen-bond acceptors (Lipinski definition) is 2. The molecule has 23 heavy (non-hydrogen) atoms. The zero-order valence-corrected chi connectivity index (χ0v) is 15.3. The molecule has 1 saturated carbocycles. The first-order valence-electron chi connectivity index (χ1n) is 8.55. The third kappa shape index (κ3) is 3.89. The van der Waals surface area contributed by atoms with Crippen LogP contribution in [0.1, 0.15) is 37.3 Å². The van der Waals surface area contributed by atoms with E-state index in [0.717, 1.165) is 25.9 Å². The Morgan fingerprint density at radius 2 is 1.91 bits per heavy atom. The Morgan fingerprint density at radius 1 is 1.30 bits per heavy atom. The van der Waals surface area contributed by atoms with Gasteiger partial charge in [0, 0.05) is 19.0 Å². The lowest BCUT2D eigenvalue weighted by Gasteiger charge is -2.28. The summed E-state index contributed by atoms with van der Waals surface area (Å²) in [4.78, 5) is 14.8. The molecule has 0 radical (unpaired) electrons. The van der Waals surface area contributed by atoms with Crippen LogP contribution in [0.5, 0.6) is 0 Å². The van der Waals surface area contributed by atoms with Crippen molar-refractivity contribution in [3.63, 3.8) is 0 Å². The largest absolute Gasteiger partial charge is 0.342 e. The van der Waals surface area contributed by atoms with Crippen LogP contribution in [0.2, 0.25) is 0 Å². The van der Waals surface area contributed by atoms with E-state index in [0.29, 0.717) is 11.3 Å². The predicted molar refractivity (Wildman–Crippen MR) is 97.0 cm³/mol. The highest BCUT2D eigenvalue weighted by atomic mass is 35.5. The summed E-state index contributed by atoms with van der Waals surface area (Å²) in [6.45, 7) is 6.42. The Morgan fingerprint density at radius 3 is 2.52 bits per heavy atom. The number of nitrogens with one attached hydrogen (secondary N) is 1. The lowest BCUT2D eigenvalue weighted by molar-refractivity contribution is -0.134. The lowest BCUT2D eigenvalue weighted by atomic mass is 9.91. The van der Waals surface area contributed by atoms with Gasteiger partial charge in [0.1, 0.15) is 0 Å². The van der Waals surface area contributed by atoms with Crippen LogP contribution in [-0.4, -0.2) is 37.0 Å². The Balaban J connectivity index is 0.00000192. The van der Waals surface area contributed by atoms with Crippen molar-refractivity contribution < 1.29 is 4.79 Å². The number of piperidine rings is 1. The summed E-state index contributed by atoms with van der Waals surface area (Å²) in [6, 6.07) is 8.91. The van der Waals surface area contributed by atoms with Gasteiger partial charge in [0.15, 0.2) is 0 Å². The molecule has 3 rings (SSSR count). The number of hydrogen-bond donors (Lipinski definition) is 1. The molecule has 1 aromatic rings. The molecule has 0 bridgehead atoms. The predicted octanol–water partition coefficient (Wildman–Crippen LogP) is 3.20. The number of likely N-dealkylation sites (N-methyl/N-ethyl adjacent to an activating group) is 1. The first-order chi connectivity index (χ1) is 10.5. The first-order valence-corrected chi connectivity index (χ1v) is 8.55. The summed E-state index contributed by atoms with van der Waals surface area (Å²) < 4.78 is 0. The SMILES string of the molecule is Cc1ccc(CC(C)N(C)C(=O)C2CC23CCNCC3)cc1.Cl. The van der Waals surface area contributed by atoms with Gasteiger partial charge in [-0.15, -0.1) is 12.4 Å². The first kappa shape index (κ1) is 18.3. The minimum absolute atomic E-state index is 0. The number of nitrogens with zero attached hydrogens (tertiary/aromatic N) is 1. The minimum atomic E-state index is 0. The Bertz CT molecular complexity index is 537. The molecule has 2 fully saturated rings. The lowest BCUT2D eigenvalue weighted by Crippen LogP contribution is -2.39. The molecule has 1 aliphatic carbocycles. The summed E-state index contributed by atoms with van der Waals surface area (Å²) in [5, 5.41) is 3.40. The van der Waals surface area contributed by atoms with E-state index in [1.165, 1.54) is 24.0 Å². The van der Waals surface area contributed by atoms with E-state index < -0.39 is 0 Å². The summed E-state index contributed by atoms with van der Waals surface area (Å²) in [7, 11) is 1.98. The van der Waals surface area contributed by atoms with Crippen LogP contribution >= 0.6 is 12.4 Å². The van der Waals surface area contributed by atoms with Gasteiger partial charge in [-0.05, 0) is 63.6 Å². The number of amides is 1. The quantitative estimate of drug-likeness (QED) is 0.915. The normalized spacial score (nSPS) is 23.0. The topological polar surface area (TPSA) is 32.3 Å². The maximum absolute atomic E-state index is 12.8. The molecule has 1 N–H and O–H groups in total. The molecule has 1 spiro atoms. The molecule has 128 valence electrons. The van der Waals surface area contributed by atoms with Crippen LogP contribution in [0, 0.1) is 18.3 Å². The summed E-state index contributed by atoms with van der Waals surface area (Å²) in [6.07, 6.45) is 4.38. The van der Waals surface area contributed by atoms with Crippen LogP contribution in [0.4, 0.5) is 0 Å². The van der Waals surface area contributed by atoms with E-state index in [2.05, 4.69) is 43.4 Å². The molecule has 2 atom stereocenters. The van der Waals surface area contributed by atoms with Crippen LogP contribution < -0.4 is 5.32 Å². The number of halogens is 1. The molecule has 1 heterocycles. The highest BCUT2D eigenvalue weighted by Crippen LogP contribution is 2.59. The van der Waals surface area contributed by atoms with Crippen LogP contribution in [0.25, 0.3) is 0 Å². The Labute approximate surface area is 146 Å². The molecule has 3 nitrogen and oxygen atoms in total. The molecule has 1 aromatic carbocycles. The van der Waals surface area contributed by atoms with Crippen molar-refractivity contribution in [2.45, 2.75) is 45.6 Å². The Hall–Kier alpha value is -1.06. The number of rotatable bonds is 4. The fourth-order valence-corrected chi connectivity index (χ4v) is 3.84. The molecule has 1 saturated heterocycles. The zero-order valence-electron chi connectivity index (χ0n) is 14.5. The van der Waals surface area contributed by atoms with Crippen molar-refractivity contribution in [3.8, 4) is 0 Å². The second-order valence-corrected chi connectivity index (χ2v) is 7.36.